The Morgan fingerprint density at radius 1 is 1.47 bits per heavy atom. The highest BCUT2D eigenvalue weighted by molar-refractivity contribution is 7.09. The Morgan fingerprint density at radius 2 is 2.12 bits per heavy atom. The molecule has 1 heterocycles. The fourth-order valence-corrected chi connectivity index (χ4v) is 2.10. The summed E-state index contributed by atoms with van der Waals surface area (Å²) in [5.74, 6) is -0.798. The number of hydrogen-bond acceptors (Lipinski definition) is 5. The van der Waals surface area contributed by atoms with Crippen molar-refractivity contribution in [3.05, 3.63) is 16.1 Å². The van der Waals surface area contributed by atoms with E-state index in [1.807, 2.05) is 0 Å². The minimum Gasteiger partial charge on any atom is -0.448 e. The summed E-state index contributed by atoms with van der Waals surface area (Å²) < 4.78 is 4.85. The predicted molar refractivity (Wildman–Crippen MR) is 64.7 cm³/mol. The van der Waals surface area contributed by atoms with Gasteiger partial charge in [-0.25, -0.2) is 9.78 Å². The summed E-state index contributed by atoms with van der Waals surface area (Å²) in [6.45, 7) is 5.59. The number of hydrogen-bond donors (Lipinski definition) is 1. The zero-order valence-corrected chi connectivity index (χ0v) is 10.9. The smallest absolute Gasteiger partial charge is 0.358 e. The number of carbonyl (C=O) groups is 2. The average molecular weight is 256 g/mol. The van der Waals surface area contributed by atoms with E-state index < -0.39 is 18.0 Å². The highest BCUT2D eigenvalue weighted by Crippen LogP contribution is 2.15. The highest BCUT2D eigenvalue weighted by Gasteiger charge is 2.18. The minimum absolute atomic E-state index is 0.235. The van der Waals surface area contributed by atoms with Crippen molar-refractivity contribution >= 4 is 23.2 Å². The van der Waals surface area contributed by atoms with Crippen LogP contribution >= 0.6 is 11.3 Å². The van der Waals surface area contributed by atoms with Crippen LogP contribution in [0.4, 0.5) is 0 Å². The number of esters is 1. The van der Waals surface area contributed by atoms with E-state index in [4.69, 9.17) is 10.5 Å². The van der Waals surface area contributed by atoms with Crippen molar-refractivity contribution in [2.24, 2.45) is 11.7 Å². The third-order valence-electron chi connectivity index (χ3n) is 2.03. The molecule has 1 atom stereocenters. The quantitative estimate of drug-likeness (QED) is 0.807. The monoisotopic (exact) mass is 256 g/mol. The van der Waals surface area contributed by atoms with E-state index in [0.29, 0.717) is 5.92 Å². The summed E-state index contributed by atoms with van der Waals surface area (Å²) in [4.78, 5) is 26.5. The number of carbonyl (C=O) groups excluding carboxylic acids is 2. The molecule has 0 radical (unpaired) electrons. The lowest BCUT2D eigenvalue weighted by Gasteiger charge is -2.07. The normalized spacial score (nSPS) is 12.5. The summed E-state index contributed by atoms with van der Waals surface area (Å²) in [5.41, 5.74) is 5.23. The third kappa shape index (κ3) is 4.14. The average Bonchev–Trinajstić information content (AvgIpc) is 2.64. The van der Waals surface area contributed by atoms with Gasteiger partial charge in [-0.3, -0.25) is 4.79 Å². The molecular weight excluding hydrogens is 240 g/mol. The number of ether oxygens (including phenoxy) is 1. The molecule has 0 fully saturated rings. The van der Waals surface area contributed by atoms with Crippen molar-refractivity contribution < 1.29 is 14.3 Å². The molecule has 0 saturated carbocycles. The number of primary amides is 1. The maximum Gasteiger partial charge on any atom is 0.358 e. The Bertz CT molecular complexity index is 415. The van der Waals surface area contributed by atoms with Gasteiger partial charge in [-0.2, -0.15) is 0 Å². The first kappa shape index (κ1) is 13.6. The van der Waals surface area contributed by atoms with Gasteiger partial charge in [0.2, 0.25) is 0 Å². The Hall–Kier alpha value is -1.43. The van der Waals surface area contributed by atoms with Gasteiger partial charge in [0, 0.05) is 11.8 Å². The lowest BCUT2D eigenvalue weighted by molar-refractivity contribution is -0.125. The maximum atomic E-state index is 11.6. The van der Waals surface area contributed by atoms with Crippen LogP contribution in [0.3, 0.4) is 0 Å². The molecule has 1 amide bonds. The highest BCUT2D eigenvalue weighted by atomic mass is 32.1. The van der Waals surface area contributed by atoms with Crippen LogP contribution in [0, 0.1) is 5.92 Å². The lowest BCUT2D eigenvalue weighted by atomic mass is 10.1. The van der Waals surface area contributed by atoms with E-state index >= 15 is 0 Å². The van der Waals surface area contributed by atoms with Gasteiger partial charge in [0.05, 0.1) is 5.01 Å². The predicted octanol–water partition coefficient (Wildman–Crippen LogP) is 1.37. The molecule has 6 heteroatoms. The molecule has 1 rings (SSSR count). The molecule has 94 valence electrons. The van der Waals surface area contributed by atoms with Crippen LogP contribution in [-0.4, -0.2) is 23.0 Å². The van der Waals surface area contributed by atoms with Gasteiger partial charge in [-0.1, -0.05) is 13.8 Å². The SMILES string of the molecule is CC(C)Cc1nc(C(=O)O[C@H](C)C(N)=O)cs1. The van der Waals surface area contributed by atoms with Crippen LogP contribution in [0.5, 0.6) is 0 Å². The van der Waals surface area contributed by atoms with Gasteiger partial charge in [0.1, 0.15) is 0 Å². The zero-order valence-electron chi connectivity index (χ0n) is 10.1. The van der Waals surface area contributed by atoms with Gasteiger partial charge in [0.25, 0.3) is 5.91 Å². The van der Waals surface area contributed by atoms with E-state index in [0.717, 1.165) is 11.4 Å². The van der Waals surface area contributed by atoms with Crippen LogP contribution in [0.1, 0.15) is 36.3 Å². The van der Waals surface area contributed by atoms with E-state index in [1.54, 1.807) is 5.38 Å². The molecule has 0 bridgehead atoms. The van der Waals surface area contributed by atoms with E-state index in [9.17, 15) is 9.59 Å². The molecule has 2 N–H and O–H groups in total. The van der Waals surface area contributed by atoms with Crippen molar-refractivity contribution in [1.29, 1.82) is 0 Å². The molecule has 0 unspecified atom stereocenters. The summed E-state index contributed by atoms with van der Waals surface area (Å²) >= 11 is 1.41. The van der Waals surface area contributed by atoms with Crippen molar-refractivity contribution in [2.75, 3.05) is 0 Å². The number of amides is 1. The molecule has 0 aromatic carbocycles. The molecule has 0 spiro atoms. The topological polar surface area (TPSA) is 82.3 Å². The van der Waals surface area contributed by atoms with Crippen molar-refractivity contribution in [2.45, 2.75) is 33.3 Å². The third-order valence-corrected chi connectivity index (χ3v) is 2.90. The zero-order chi connectivity index (χ0) is 13.0. The summed E-state index contributed by atoms with van der Waals surface area (Å²) in [7, 11) is 0. The van der Waals surface area contributed by atoms with Gasteiger partial charge in [0.15, 0.2) is 11.8 Å². The molecule has 0 saturated heterocycles. The van der Waals surface area contributed by atoms with Crippen LogP contribution in [0.25, 0.3) is 0 Å². The number of rotatable bonds is 5. The molecule has 5 nitrogen and oxygen atoms in total. The fraction of sp³-hybridized carbons (Fsp3) is 0.545. The second kappa shape index (κ2) is 5.77. The summed E-state index contributed by atoms with van der Waals surface area (Å²) in [6.07, 6.45) is -0.110. The Labute approximate surface area is 104 Å². The standard InChI is InChI=1S/C11H16N2O3S/c1-6(2)4-9-13-8(5-17-9)11(15)16-7(3)10(12)14/h5-7H,4H2,1-3H3,(H2,12,14)/t7-/m1/s1. The molecule has 0 aliphatic heterocycles. The van der Waals surface area contributed by atoms with Crippen LogP contribution in [0.2, 0.25) is 0 Å². The van der Waals surface area contributed by atoms with Crippen LogP contribution in [0.15, 0.2) is 5.38 Å². The molecule has 0 aliphatic carbocycles. The largest absolute Gasteiger partial charge is 0.448 e. The van der Waals surface area contributed by atoms with E-state index in [-0.39, 0.29) is 5.69 Å². The second-order valence-corrected chi connectivity index (χ2v) is 5.12. The second-order valence-electron chi connectivity index (χ2n) is 4.17. The van der Waals surface area contributed by atoms with Gasteiger partial charge < -0.3 is 10.5 Å². The molecule has 1 aromatic heterocycles. The van der Waals surface area contributed by atoms with Crippen molar-refractivity contribution in [3.63, 3.8) is 0 Å². The van der Waals surface area contributed by atoms with Crippen molar-refractivity contribution in [3.8, 4) is 0 Å². The first-order chi connectivity index (χ1) is 7.90. The minimum atomic E-state index is -0.933. The molecule has 1 aromatic rings. The number of nitrogens with zero attached hydrogens (tertiary/aromatic N) is 1. The first-order valence-electron chi connectivity index (χ1n) is 5.34. The number of thiazole rings is 1. The molecular formula is C11H16N2O3S. The molecule has 0 aliphatic rings. The van der Waals surface area contributed by atoms with Crippen LogP contribution < -0.4 is 5.73 Å². The lowest BCUT2D eigenvalue weighted by Crippen LogP contribution is -2.30. The number of nitrogens with two attached hydrogens (primary N) is 1. The van der Waals surface area contributed by atoms with E-state index in [2.05, 4.69) is 18.8 Å². The van der Waals surface area contributed by atoms with Gasteiger partial charge in [-0.15, -0.1) is 11.3 Å². The Kier molecular flexibility index (Phi) is 4.62. The maximum absolute atomic E-state index is 11.6. The first-order valence-corrected chi connectivity index (χ1v) is 6.22. The summed E-state index contributed by atoms with van der Waals surface area (Å²) in [5, 5.41) is 2.52. The van der Waals surface area contributed by atoms with Gasteiger partial charge >= 0.3 is 5.97 Å². The van der Waals surface area contributed by atoms with Gasteiger partial charge in [-0.05, 0) is 12.8 Å². The van der Waals surface area contributed by atoms with Crippen LogP contribution in [-0.2, 0) is 16.0 Å². The van der Waals surface area contributed by atoms with Crippen molar-refractivity contribution in [1.82, 2.24) is 4.98 Å². The Balaban J connectivity index is 2.64. The fourth-order valence-electron chi connectivity index (χ4n) is 1.13. The molecule has 17 heavy (non-hydrogen) atoms. The Morgan fingerprint density at radius 3 is 2.65 bits per heavy atom. The number of aromatic nitrogens is 1. The summed E-state index contributed by atoms with van der Waals surface area (Å²) in [6, 6.07) is 0. The van der Waals surface area contributed by atoms with E-state index in [1.165, 1.54) is 18.3 Å².